The second-order valence-corrected chi connectivity index (χ2v) is 5.08. The smallest absolute Gasteiger partial charge is 0.0468 e. The Kier molecular flexibility index (Phi) is 3.35. The van der Waals surface area contributed by atoms with Gasteiger partial charge in [0.1, 0.15) is 0 Å². The summed E-state index contributed by atoms with van der Waals surface area (Å²) in [5, 5.41) is 0. The van der Waals surface area contributed by atoms with Gasteiger partial charge in [-0.3, -0.25) is 0 Å². The van der Waals surface area contributed by atoms with Crippen molar-refractivity contribution < 1.29 is 4.74 Å². The summed E-state index contributed by atoms with van der Waals surface area (Å²) in [5.74, 6) is 4.84. The first-order valence-electron chi connectivity index (χ1n) is 5.12. The fourth-order valence-corrected chi connectivity index (χ4v) is 3.60. The molecule has 0 N–H and O–H groups in total. The van der Waals surface area contributed by atoms with Crippen molar-refractivity contribution in [3.63, 3.8) is 0 Å². The first kappa shape index (κ1) is 8.89. The number of hydrogen-bond donors (Lipinski definition) is 0. The molecule has 0 aromatic heterocycles. The maximum atomic E-state index is 5.38. The van der Waals surface area contributed by atoms with Crippen molar-refractivity contribution >= 4 is 11.8 Å². The zero-order chi connectivity index (χ0) is 8.23. The summed E-state index contributed by atoms with van der Waals surface area (Å²) in [6.45, 7) is 2.04. The third-order valence-electron chi connectivity index (χ3n) is 3.13. The normalized spacial score (nSPS) is 33.5. The summed E-state index contributed by atoms with van der Waals surface area (Å²) in [5.41, 5.74) is 0. The molecule has 70 valence electrons. The van der Waals surface area contributed by atoms with E-state index < -0.39 is 0 Å². The van der Waals surface area contributed by atoms with E-state index in [9.17, 15) is 0 Å². The highest BCUT2D eigenvalue weighted by atomic mass is 32.2. The first-order valence-corrected chi connectivity index (χ1v) is 6.28. The van der Waals surface area contributed by atoms with Gasteiger partial charge in [0, 0.05) is 13.2 Å². The molecule has 0 radical (unpaired) electrons. The molecule has 1 atom stereocenters. The Balaban J connectivity index is 1.80. The van der Waals surface area contributed by atoms with Crippen LogP contribution >= 0.6 is 11.8 Å². The van der Waals surface area contributed by atoms with Crippen LogP contribution in [0.25, 0.3) is 0 Å². The summed E-state index contributed by atoms with van der Waals surface area (Å²) < 4.78 is 5.38. The molecule has 0 aromatic carbocycles. The Labute approximate surface area is 79.2 Å². The van der Waals surface area contributed by atoms with E-state index in [0.29, 0.717) is 0 Å². The molecule has 2 saturated heterocycles. The Morgan fingerprint density at radius 2 is 1.83 bits per heavy atom. The van der Waals surface area contributed by atoms with Crippen LogP contribution in [-0.4, -0.2) is 24.7 Å². The Morgan fingerprint density at radius 3 is 2.50 bits per heavy atom. The maximum Gasteiger partial charge on any atom is 0.0468 e. The Morgan fingerprint density at radius 1 is 1.00 bits per heavy atom. The topological polar surface area (TPSA) is 9.23 Å². The summed E-state index contributed by atoms with van der Waals surface area (Å²) in [7, 11) is 0. The number of hydrogen-bond acceptors (Lipinski definition) is 2. The molecule has 2 aliphatic heterocycles. The van der Waals surface area contributed by atoms with E-state index in [1.54, 1.807) is 0 Å². The molecule has 0 spiro atoms. The van der Waals surface area contributed by atoms with Crippen LogP contribution in [-0.2, 0) is 4.74 Å². The van der Waals surface area contributed by atoms with Gasteiger partial charge >= 0.3 is 0 Å². The monoisotopic (exact) mass is 186 g/mol. The highest BCUT2D eigenvalue weighted by Gasteiger charge is 2.25. The number of rotatable bonds is 1. The number of thioether (sulfide) groups is 1. The Hall–Kier alpha value is 0.310. The van der Waals surface area contributed by atoms with Gasteiger partial charge in [0.05, 0.1) is 0 Å². The minimum absolute atomic E-state index is 0.992. The molecule has 0 aromatic rings. The quantitative estimate of drug-likeness (QED) is 0.622. The van der Waals surface area contributed by atoms with E-state index in [1.165, 1.54) is 37.2 Å². The van der Waals surface area contributed by atoms with Crippen LogP contribution in [0.5, 0.6) is 0 Å². The molecule has 2 rings (SSSR count). The van der Waals surface area contributed by atoms with E-state index in [2.05, 4.69) is 11.8 Å². The van der Waals surface area contributed by atoms with Crippen LogP contribution in [0, 0.1) is 11.8 Å². The van der Waals surface area contributed by atoms with Crippen molar-refractivity contribution in [3.8, 4) is 0 Å². The van der Waals surface area contributed by atoms with Gasteiger partial charge in [-0.05, 0) is 49.0 Å². The third kappa shape index (κ3) is 2.17. The maximum absolute atomic E-state index is 5.38. The molecular formula is C10H18OS. The molecule has 1 unspecified atom stereocenters. The fraction of sp³-hybridized carbons (Fsp3) is 1.00. The van der Waals surface area contributed by atoms with Gasteiger partial charge in [0.25, 0.3) is 0 Å². The van der Waals surface area contributed by atoms with Crippen LogP contribution in [0.1, 0.15) is 25.7 Å². The minimum Gasteiger partial charge on any atom is -0.381 e. The SMILES string of the molecule is C1CSCC(C2CCOCC2)C1. The zero-order valence-electron chi connectivity index (χ0n) is 7.63. The first-order chi connectivity index (χ1) is 5.97. The predicted molar refractivity (Wildman–Crippen MR) is 53.6 cm³/mol. The van der Waals surface area contributed by atoms with E-state index in [-0.39, 0.29) is 0 Å². The van der Waals surface area contributed by atoms with Crippen molar-refractivity contribution in [2.24, 2.45) is 11.8 Å². The van der Waals surface area contributed by atoms with Crippen molar-refractivity contribution in [2.45, 2.75) is 25.7 Å². The molecule has 2 aliphatic rings. The molecule has 12 heavy (non-hydrogen) atoms. The molecule has 2 heteroatoms. The molecule has 0 aliphatic carbocycles. The van der Waals surface area contributed by atoms with Gasteiger partial charge in [0.15, 0.2) is 0 Å². The van der Waals surface area contributed by atoms with Crippen LogP contribution in [0.4, 0.5) is 0 Å². The lowest BCUT2D eigenvalue weighted by atomic mass is 9.84. The van der Waals surface area contributed by atoms with Crippen molar-refractivity contribution in [3.05, 3.63) is 0 Å². The van der Waals surface area contributed by atoms with Crippen LogP contribution in [0.15, 0.2) is 0 Å². The molecule has 0 bridgehead atoms. The lowest BCUT2D eigenvalue weighted by Gasteiger charge is -2.32. The highest BCUT2D eigenvalue weighted by Crippen LogP contribution is 2.33. The third-order valence-corrected chi connectivity index (χ3v) is 4.37. The van der Waals surface area contributed by atoms with Gasteiger partial charge in [-0.15, -0.1) is 0 Å². The lowest BCUT2D eigenvalue weighted by Crippen LogP contribution is -2.26. The molecular weight excluding hydrogens is 168 g/mol. The van der Waals surface area contributed by atoms with Crippen molar-refractivity contribution in [1.82, 2.24) is 0 Å². The average molecular weight is 186 g/mol. The van der Waals surface area contributed by atoms with Crippen LogP contribution in [0.3, 0.4) is 0 Å². The summed E-state index contributed by atoms with van der Waals surface area (Å²) in [4.78, 5) is 0. The fourth-order valence-electron chi connectivity index (χ4n) is 2.32. The van der Waals surface area contributed by atoms with Gasteiger partial charge in [-0.25, -0.2) is 0 Å². The summed E-state index contributed by atoms with van der Waals surface area (Å²) in [6.07, 6.45) is 5.58. The minimum atomic E-state index is 0.992. The van der Waals surface area contributed by atoms with Gasteiger partial charge in [-0.1, -0.05) is 0 Å². The van der Waals surface area contributed by atoms with Crippen molar-refractivity contribution in [2.75, 3.05) is 24.7 Å². The standard InChI is InChI=1S/C10H18OS/c1-2-10(8-12-7-1)9-3-5-11-6-4-9/h9-10H,1-8H2. The molecule has 0 saturated carbocycles. The van der Waals surface area contributed by atoms with E-state index in [1.807, 2.05) is 0 Å². The van der Waals surface area contributed by atoms with E-state index >= 15 is 0 Å². The van der Waals surface area contributed by atoms with Crippen LogP contribution in [0.2, 0.25) is 0 Å². The second-order valence-electron chi connectivity index (χ2n) is 3.93. The summed E-state index contributed by atoms with van der Waals surface area (Å²) >= 11 is 2.16. The number of ether oxygens (including phenoxy) is 1. The zero-order valence-corrected chi connectivity index (χ0v) is 8.44. The largest absolute Gasteiger partial charge is 0.381 e. The van der Waals surface area contributed by atoms with Crippen molar-refractivity contribution in [1.29, 1.82) is 0 Å². The molecule has 1 nitrogen and oxygen atoms in total. The second kappa shape index (κ2) is 4.52. The average Bonchev–Trinajstić information content (AvgIpc) is 2.21. The van der Waals surface area contributed by atoms with Crippen LogP contribution < -0.4 is 0 Å². The summed E-state index contributed by atoms with van der Waals surface area (Å²) in [6, 6.07) is 0. The molecule has 0 amide bonds. The van der Waals surface area contributed by atoms with Gasteiger partial charge in [-0.2, -0.15) is 11.8 Å². The highest BCUT2D eigenvalue weighted by molar-refractivity contribution is 7.99. The Bertz CT molecular complexity index is 110. The molecule has 2 heterocycles. The molecule has 2 fully saturated rings. The lowest BCUT2D eigenvalue weighted by molar-refractivity contribution is 0.0484. The van der Waals surface area contributed by atoms with E-state index in [0.717, 1.165) is 25.0 Å². The van der Waals surface area contributed by atoms with E-state index in [4.69, 9.17) is 4.74 Å². The van der Waals surface area contributed by atoms with Gasteiger partial charge in [0.2, 0.25) is 0 Å². The van der Waals surface area contributed by atoms with Gasteiger partial charge < -0.3 is 4.74 Å². The predicted octanol–water partition coefficient (Wildman–Crippen LogP) is 2.56.